The van der Waals surface area contributed by atoms with Crippen LogP contribution in [-0.2, 0) is 9.47 Å². The molecule has 20 heavy (non-hydrogen) atoms. The molecule has 0 aromatic carbocycles. The van der Waals surface area contributed by atoms with Crippen molar-refractivity contribution in [2.24, 2.45) is 0 Å². The molecule has 0 N–H and O–H groups in total. The fourth-order valence-electron chi connectivity index (χ4n) is 2.08. The molecule has 2 aliphatic rings. The molecule has 1 saturated heterocycles. The van der Waals surface area contributed by atoms with Crippen molar-refractivity contribution in [3.63, 3.8) is 0 Å². The zero-order chi connectivity index (χ0) is 14.8. The zero-order valence-electron chi connectivity index (χ0n) is 12.6. The van der Waals surface area contributed by atoms with Crippen molar-refractivity contribution >= 4 is 6.09 Å². The first-order valence-electron chi connectivity index (χ1n) is 7.31. The molecule has 0 atom stereocenters. The minimum absolute atomic E-state index is 0.0897. The van der Waals surface area contributed by atoms with E-state index in [0.717, 1.165) is 18.4 Å². The second-order valence-electron chi connectivity index (χ2n) is 6.49. The quantitative estimate of drug-likeness (QED) is 0.797. The monoisotopic (exact) mass is 285 g/mol. The lowest BCUT2D eigenvalue weighted by Gasteiger charge is -2.31. The third-order valence-corrected chi connectivity index (χ3v) is 3.37. The van der Waals surface area contributed by atoms with Gasteiger partial charge in [-0.25, -0.2) is 9.18 Å². The third-order valence-electron chi connectivity index (χ3n) is 3.37. The van der Waals surface area contributed by atoms with Crippen LogP contribution in [0.4, 0.5) is 9.18 Å². The van der Waals surface area contributed by atoms with E-state index in [1.54, 1.807) is 4.90 Å². The van der Waals surface area contributed by atoms with Crippen molar-refractivity contribution < 1.29 is 18.7 Å². The molecule has 2 rings (SSSR count). The number of nitrogens with zero attached hydrogens (tertiary/aromatic N) is 1. The zero-order valence-corrected chi connectivity index (χ0v) is 12.6. The van der Waals surface area contributed by atoms with E-state index >= 15 is 0 Å². The van der Waals surface area contributed by atoms with Gasteiger partial charge in [-0.1, -0.05) is 0 Å². The van der Waals surface area contributed by atoms with Gasteiger partial charge < -0.3 is 14.4 Å². The van der Waals surface area contributed by atoms with Crippen molar-refractivity contribution in [1.82, 2.24) is 4.90 Å². The molecule has 2 fully saturated rings. The molecular formula is C15H24FNO3. The number of hydrogen-bond acceptors (Lipinski definition) is 3. The number of rotatable bonds is 3. The van der Waals surface area contributed by atoms with E-state index in [-0.39, 0.29) is 24.6 Å². The van der Waals surface area contributed by atoms with Gasteiger partial charge in [0, 0.05) is 13.1 Å². The molecule has 0 bridgehead atoms. The maximum atomic E-state index is 13.9. The Kier molecular flexibility index (Phi) is 4.68. The highest BCUT2D eigenvalue weighted by molar-refractivity contribution is 5.68. The maximum Gasteiger partial charge on any atom is 0.410 e. The van der Waals surface area contributed by atoms with E-state index in [4.69, 9.17) is 9.47 Å². The van der Waals surface area contributed by atoms with E-state index < -0.39 is 5.60 Å². The summed E-state index contributed by atoms with van der Waals surface area (Å²) in [5, 5.41) is 0. The lowest BCUT2D eigenvalue weighted by Crippen LogP contribution is -2.40. The van der Waals surface area contributed by atoms with Crippen LogP contribution < -0.4 is 0 Å². The summed E-state index contributed by atoms with van der Waals surface area (Å²) in [6.45, 7) is 6.65. The summed E-state index contributed by atoms with van der Waals surface area (Å²) < 4.78 is 24.6. The summed E-state index contributed by atoms with van der Waals surface area (Å²) in [5.41, 5.74) is 0.293. The van der Waals surface area contributed by atoms with E-state index in [9.17, 15) is 9.18 Å². The summed E-state index contributed by atoms with van der Waals surface area (Å²) in [7, 11) is 0. The topological polar surface area (TPSA) is 38.8 Å². The van der Waals surface area contributed by atoms with Gasteiger partial charge in [-0.2, -0.15) is 0 Å². The lowest BCUT2D eigenvalue weighted by molar-refractivity contribution is 0.0234. The van der Waals surface area contributed by atoms with Gasteiger partial charge in [-0.05, 0) is 52.0 Å². The molecular weight excluding hydrogens is 261 g/mol. The third kappa shape index (κ3) is 4.78. The van der Waals surface area contributed by atoms with Gasteiger partial charge in [0.1, 0.15) is 11.4 Å². The molecule has 1 aliphatic carbocycles. The molecule has 1 amide bonds. The van der Waals surface area contributed by atoms with E-state index in [0.29, 0.717) is 25.9 Å². The Hall–Kier alpha value is -1.10. The highest BCUT2D eigenvalue weighted by atomic mass is 19.1. The van der Waals surface area contributed by atoms with Gasteiger partial charge in [0.05, 0.1) is 12.7 Å². The number of hydrogen-bond donors (Lipinski definition) is 0. The van der Waals surface area contributed by atoms with Gasteiger partial charge in [-0.15, -0.1) is 0 Å². The average Bonchev–Trinajstić information content (AvgIpc) is 3.18. The smallest absolute Gasteiger partial charge is 0.410 e. The molecule has 0 radical (unpaired) electrons. The van der Waals surface area contributed by atoms with Gasteiger partial charge in [0.25, 0.3) is 0 Å². The largest absolute Gasteiger partial charge is 0.444 e. The molecule has 0 aromatic heterocycles. The van der Waals surface area contributed by atoms with Crippen LogP contribution in [-0.4, -0.2) is 42.4 Å². The number of carbonyl (C=O) groups is 1. The van der Waals surface area contributed by atoms with Gasteiger partial charge in [0.2, 0.25) is 0 Å². The Labute approximate surface area is 119 Å². The average molecular weight is 285 g/mol. The van der Waals surface area contributed by atoms with Crippen molar-refractivity contribution in [1.29, 1.82) is 0 Å². The standard InChI is InChI=1S/C15H24FNO3/c1-15(2,3)20-14(18)17-8-6-11(7-9-17)13(16)10-19-12-4-5-12/h12H,4-10H2,1-3H3. The second kappa shape index (κ2) is 6.12. The van der Waals surface area contributed by atoms with Crippen LogP contribution in [0.15, 0.2) is 11.4 Å². The Morgan fingerprint density at radius 1 is 1.30 bits per heavy atom. The molecule has 0 aromatic rings. The Morgan fingerprint density at radius 2 is 1.90 bits per heavy atom. The van der Waals surface area contributed by atoms with E-state index in [1.165, 1.54) is 0 Å². The molecule has 1 heterocycles. The van der Waals surface area contributed by atoms with Crippen molar-refractivity contribution in [3.05, 3.63) is 11.4 Å². The number of amides is 1. The van der Waals surface area contributed by atoms with Crippen LogP contribution in [0.1, 0.15) is 46.5 Å². The highest BCUT2D eigenvalue weighted by Crippen LogP contribution is 2.27. The highest BCUT2D eigenvalue weighted by Gasteiger charge is 2.27. The molecule has 4 nitrogen and oxygen atoms in total. The summed E-state index contributed by atoms with van der Waals surface area (Å²) in [6.07, 6.45) is 3.19. The van der Waals surface area contributed by atoms with Crippen LogP contribution in [0.3, 0.4) is 0 Å². The van der Waals surface area contributed by atoms with Crippen molar-refractivity contribution in [2.75, 3.05) is 19.7 Å². The van der Waals surface area contributed by atoms with Crippen molar-refractivity contribution in [2.45, 2.75) is 58.2 Å². The molecule has 114 valence electrons. The Bertz CT molecular complexity index is 386. The number of carbonyl (C=O) groups excluding carboxylic acids is 1. The van der Waals surface area contributed by atoms with Crippen LogP contribution in [0.2, 0.25) is 0 Å². The molecule has 0 spiro atoms. The predicted octanol–water partition coefficient (Wildman–Crippen LogP) is 3.42. The van der Waals surface area contributed by atoms with Crippen LogP contribution >= 0.6 is 0 Å². The SMILES string of the molecule is CC(C)(C)OC(=O)N1CCC(=C(F)COC2CC2)CC1. The number of piperidine rings is 1. The van der Waals surface area contributed by atoms with Gasteiger partial charge in [0.15, 0.2) is 0 Å². The lowest BCUT2D eigenvalue weighted by atomic mass is 10.0. The summed E-state index contributed by atoms with van der Waals surface area (Å²) in [6, 6.07) is 0. The van der Waals surface area contributed by atoms with E-state index in [2.05, 4.69) is 0 Å². The number of likely N-dealkylation sites (tertiary alicyclic amines) is 1. The first-order valence-corrected chi connectivity index (χ1v) is 7.31. The summed E-state index contributed by atoms with van der Waals surface area (Å²) in [5.74, 6) is -0.152. The Morgan fingerprint density at radius 3 is 2.40 bits per heavy atom. The Balaban J connectivity index is 1.78. The van der Waals surface area contributed by atoms with Gasteiger partial charge >= 0.3 is 6.09 Å². The fourth-order valence-corrected chi connectivity index (χ4v) is 2.08. The summed E-state index contributed by atoms with van der Waals surface area (Å²) in [4.78, 5) is 13.5. The number of ether oxygens (including phenoxy) is 2. The summed E-state index contributed by atoms with van der Waals surface area (Å²) >= 11 is 0. The molecule has 1 aliphatic heterocycles. The van der Waals surface area contributed by atoms with Gasteiger partial charge in [-0.3, -0.25) is 0 Å². The van der Waals surface area contributed by atoms with Crippen LogP contribution in [0.25, 0.3) is 0 Å². The van der Waals surface area contributed by atoms with E-state index in [1.807, 2.05) is 20.8 Å². The first kappa shape index (κ1) is 15.3. The fraction of sp³-hybridized carbons (Fsp3) is 0.800. The molecule has 0 unspecified atom stereocenters. The number of halogens is 1. The van der Waals surface area contributed by atoms with Crippen molar-refractivity contribution in [3.8, 4) is 0 Å². The minimum atomic E-state index is -0.490. The molecule has 1 saturated carbocycles. The van der Waals surface area contributed by atoms with Crippen LogP contribution in [0.5, 0.6) is 0 Å². The minimum Gasteiger partial charge on any atom is -0.444 e. The maximum absolute atomic E-state index is 13.9. The predicted molar refractivity (Wildman–Crippen MR) is 74.1 cm³/mol. The normalized spacial score (nSPS) is 20.0. The molecule has 5 heteroatoms. The first-order chi connectivity index (χ1) is 9.35. The van der Waals surface area contributed by atoms with Crippen LogP contribution in [0, 0.1) is 0 Å². The second-order valence-corrected chi connectivity index (χ2v) is 6.49.